The molecule has 0 aromatic rings. The fraction of sp³-hybridized carbons (Fsp3) is 1.00. The van der Waals surface area contributed by atoms with Crippen molar-refractivity contribution < 1.29 is 0 Å². The first-order chi connectivity index (χ1) is 5.06. The molecule has 0 amide bonds. The van der Waals surface area contributed by atoms with Gasteiger partial charge in [-0.25, -0.2) is 0 Å². The molecule has 0 radical (unpaired) electrons. The van der Waals surface area contributed by atoms with E-state index in [0.717, 1.165) is 6.54 Å². The van der Waals surface area contributed by atoms with Crippen LogP contribution in [-0.4, -0.2) is 13.6 Å². The standard InChI is InChI=1S/C8H19N.C2H6/c1-8(2,3)6-5-7-9-4;1-2/h9H,5-7H2,1-4H3;1-2H3. The average molecular weight is 159 g/mol. The van der Waals surface area contributed by atoms with Crippen molar-refractivity contribution in [3.8, 4) is 0 Å². The second-order valence-electron chi connectivity index (χ2n) is 3.77. The molecule has 0 rings (SSSR count). The van der Waals surface area contributed by atoms with Gasteiger partial charge in [0, 0.05) is 0 Å². The molecule has 0 aliphatic carbocycles. The van der Waals surface area contributed by atoms with Gasteiger partial charge in [-0.3, -0.25) is 0 Å². The quantitative estimate of drug-likeness (QED) is 0.624. The van der Waals surface area contributed by atoms with Crippen molar-refractivity contribution in [3.63, 3.8) is 0 Å². The molecule has 0 saturated heterocycles. The molecule has 0 heterocycles. The number of hydrogen-bond donors (Lipinski definition) is 1. The van der Waals surface area contributed by atoms with E-state index in [4.69, 9.17) is 0 Å². The molecule has 0 unspecified atom stereocenters. The first kappa shape index (κ1) is 13.5. The van der Waals surface area contributed by atoms with Crippen molar-refractivity contribution in [1.29, 1.82) is 0 Å². The summed E-state index contributed by atoms with van der Waals surface area (Å²) in [7, 11) is 2.00. The highest BCUT2D eigenvalue weighted by Gasteiger charge is 2.07. The zero-order chi connectivity index (χ0) is 9.33. The van der Waals surface area contributed by atoms with Gasteiger partial charge < -0.3 is 5.32 Å². The molecule has 11 heavy (non-hydrogen) atoms. The van der Waals surface area contributed by atoms with Crippen molar-refractivity contribution in [2.75, 3.05) is 13.6 Å². The fourth-order valence-corrected chi connectivity index (χ4v) is 0.795. The van der Waals surface area contributed by atoms with Gasteiger partial charge in [-0.05, 0) is 31.8 Å². The highest BCUT2D eigenvalue weighted by molar-refractivity contribution is 4.61. The summed E-state index contributed by atoms with van der Waals surface area (Å²) >= 11 is 0. The van der Waals surface area contributed by atoms with Gasteiger partial charge >= 0.3 is 0 Å². The lowest BCUT2D eigenvalue weighted by Gasteiger charge is -2.17. The smallest absolute Gasteiger partial charge is 0.00517 e. The van der Waals surface area contributed by atoms with Crippen molar-refractivity contribution in [2.24, 2.45) is 5.41 Å². The van der Waals surface area contributed by atoms with Gasteiger partial charge in [0.1, 0.15) is 0 Å². The summed E-state index contributed by atoms with van der Waals surface area (Å²) in [5.41, 5.74) is 0.511. The predicted octanol–water partition coefficient (Wildman–Crippen LogP) is 3.06. The van der Waals surface area contributed by atoms with Crippen LogP contribution in [0.3, 0.4) is 0 Å². The van der Waals surface area contributed by atoms with E-state index in [1.165, 1.54) is 12.8 Å². The van der Waals surface area contributed by atoms with E-state index in [0.29, 0.717) is 5.41 Å². The summed E-state index contributed by atoms with van der Waals surface area (Å²) in [6.45, 7) is 12.0. The van der Waals surface area contributed by atoms with Gasteiger partial charge in [-0.1, -0.05) is 34.6 Å². The largest absolute Gasteiger partial charge is 0.320 e. The molecule has 0 aromatic carbocycles. The molecule has 0 fully saturated rings. The molecule has 0 spiro atoms. The summed E-state index contributed by atoms with van der Waals surface area (Å²) in [6, 6.07) is 0. The van der Waals surface area contributed by atoms with Gasteiger partial charge in [-0.15, -0.1) is 0 Å². The van der Waals surface area contributed by atoms with Crippen LogP contribution in [-0.2, 0) is 0 Å². The Morgan fingerprint density at radius 3 is 1.82 bits per heavy atom. The van der Waals surface area contributed by atoms with Gasteiger partial charge in [0.2, 0.25) is 0 Å². The SMILES string of the molecule is CC.CNCCCC(C)(C)C. The zero-order valence-corrected chi connectivity index (χ0v) is 9.12. The maximum atomic E-state index is 3.14. The van der Waals surface area contributed by atoms with Crippen molar-refractivity contribution in [1.82, 2.24) is 5.32 Å². The first-order valence-electron chi connectivity index (χ1n) is 4.71. The Balaban J connectivity index is 0. The topological polar surface area (TPSA) is 12.0 Å². The summed E-state index contributed by atoms with van der Waals surface area (Å²) in [4.78, 5) is 0. The summed E-state index contributed by atoms with van der Waals surface area (Å²) in [5, 5.41) is 3.14. The number of hydrogen-bond acceptors (Lipinski definition) is 1. The average Bonchev–Trinajstić information content (AvgIpc) is 1.90. The van der Waals surface area contributed by atoms with Crippen LogP contribution in [0.15, 0.2) is 0 Å². The third-order valence-electron chi connectivity index (χ3n) is 1.35. The normalized spacial score (nSPS) is 10.4. The number of rotatable bonds is 3. The predicted molar refractivity (Wildman–Crippen MR) is 54.0 cm³/mol. The van der Waals surface area contributed by atoms with Crippen molar-refractivity contribution in [2.45, 2.75) is 47.5 Å². The highest BCUT2D eigenvalue weighted by Crippen LogP contribution is 2.19. The maximum Gasteiger partial charge on any atom is -0.00517 e. The van der Waals surface area contributed by atoms with E-state index in [1.54, 1.807) is 0 Å². The van der Waals surface area contributed by atoms with Crippen LogP contribution >= 0.6 is 0 Å². The molecule has 1 heteroatoms. The van der Waals surface area contributed by atoms with Crippen LogP contribution in [0.4, 0.5) is 0 Å². The van der Waals surface area contributed by atoms with Gasteiger partial charge in [0.15, 0.2) is 0 Å². The molecule has 1 nitrogen and oxygen atoms in total. The lowest BCUT2D eigenvalue weighted by atomic mass is 9.91. The van der Waals surface area contributed by atoms with Crippen LogP contribution < -0.4 is 5.32 Å². The van der Waals surface area contributed by atoms with Crippen LogP contribution in [0.2, 0.25) is 0 Å². The summed E-state index contributed by atoms with van der Waals surface area (Å²) in [6.07, 6.45) is 2.60. The van der Waals surface area contributed by atoms with E-state index in [2.05, 4.69) is 26.1 Å². The Kier molecular flexibility index (Phi) is 9.92. The molecular weight excluding hydrogens is 134 g/mol. The first-order valence-corrected chi connectivity index (χ1v) is 4.71. The third-order valence-corrected chi connectivity index (χ3v) is 1.35. The summed E-state index contributed by atoms with van der Waals surface area (Å²) in [5.74, 6) is 0. The van der Waals surface area contributed by atoms with Crippen LogP contribution in [0.25, 0.3) is 0 Å². The molecule has 0 saturated carbocycles. The molecule has 0 aliphatic rings. The van der Waals surface area contributed by atoms with Gasteiger partial charge in [-0.2, -0.15) is 0 Å². The minimum atomic E-state index is 0.511. The molecule has 0 atom stereocenters. The van der Waals surface area contributed by atoms with Gasteiger partial charge in [0.05, 0.1) is 0 Å². The minimum absolute atomic E-state index is 0.511. The Morgan fingerprint density at radius 1 is 1.09 bits per heavy atom. The summed E-state index contributed by atoms with van der Waals surface area (Å²) < 4.78 is 0. The highest BCUT2D eigenvalue weighted by atomic mass is 14.8. The van der Waals surface area contributed by atoms with Gasteiger partial charge in [0.25, 0.3) is 0 Å². The molecule has 0 aromatic heterocycles. The Bertz CT molecular complexity index is 61.8. The second-order valence-corrected chi connectivity index (χ2v) is 3.77. The van der Waals surface area contributed by atoms with E-state index < -0.39 is 0 Å². The molecular formula is C10H25N. The van der Waals surface area contributed by atoms with Crippen LogP contribution in [0.1, 0.15) is 47.5 Å². The molecule has 70 valence electrons. The maximum absolute atomic E-state index is 3.14. The fourth-order valence-electron chi connectivity index (χ4n) is 0.795. The Hall–Kier alpha value is -0.0400. The van der Waals surface area contributed by atoms with Crippen LogP contribution in [0.5, 0.6) is 0 Å². The van der Waals surface area contributed by atoms with E-state index in [9.17, 15) is 0 Å². The minimum Gasteiger partial charge on any atom is -0.320 e. The van der Waals surface area contributed by atoms with E-state index in [-0.39, 0.29) is 0 Å². The number of nitrogens with one attached hydrogen (secondary N) is 1. The van der Waals surface area contributed by atoms with Crippen LogP contribution in [0, 0.1) is 5.41 Å². The monoisotopic (exact) mass is 159 g/mol. The molecule has 0 bridgehead atoms. The van der Waals surface area contributed by atoms with Crippen molar-refractivity contribution in [3.05, 3.63) is 0 Å². The lowest BCUT2D eigenvalue weighted by molar-refractivity contribution is 0.363. The van der Waals surface area contributed by atoms with E-state index >= 15 is 0 Å². The second kappa shape index (κ2) is 8.06. The third kappa shape index (κ3) is 17.8. The molecule has 0 aliphatic heterocycles. The lowest BCUT2D eigenvalue weighted by Crippen LogP contribution is -2.12. The van der Waals surface area contributed by atoms with E-state index in [1.807, 2.05) is 20.9 Å². The zero-order valence-electron chi connectivity index (χ0n) is 9.12. The Labute approximate surface area is 72.6 Å². The molecule has 1 N–H and O–H groups in total. The Morgan fingerprint density at radius 2 is 1.55 bits per heavy atom. The van der Waals surface area contributed by atoms with Crippen molar-refractivity contribution >= 4 is 0 Å².